The Labute approximate surface area is 138 Å². The summed E-state index contributed by atoms with van der Waals surface area (Å²) in [6.45, 7) is 3.84. The second-order valence-electron chi connectivity index (χ2n) is 5.65. The highest BCUT2D eigenvalue weighted by molar-refractivity contribution is 6.07. The molecule has 1 aliphatic rings. The van der Waals surface area contributed by atoms with E-state index in [0.717, 1.165) is 27.1 Å². The molecule has 0 radical (unpaired) electrons. The number of benzene rings is 1. The Bertz CT molecular complexity index is 992. The summed E-state index contributed by atoms with van der Waals surface area (Å²) in [7, 11) is 0. The minimum atomic E-state index is -0.646. The maximum Gasteiger partial charge on any atom is 0.331 e. The molecule has 0 saturated heterocycles. The number of hydrogen-bond acceptors (Lipinski definition) is 4. The fourth-order valence-corrected chi connectivity index (χ4v) is 2.61. The molecule has 1 aromatic carbocycles. The molecule has 3 rings (SSSR count). The summed E-state index contributed by atoms with van der Waals surface area (Å²) in [6.07, 6.45) is 3.37. The molecule has 0 spiro atoms. The Hall–Kier alpha value is -3.15. The van der Waals surface area contributed by atoms with Crippen LogP contribution in [-0.4, -0.2) is 20.4 Å². The van der Waals surface area contributed by atoms with Crippen molar-refractivity contribution in [3.63, 3.8) is 0 Å². The van der Waals surface area contributed by atoms with Crippen molar-refractivity contribution in [3.05, 3.63) is 79.6 Å². The predicted molar refractivity (Wildman–Crippen MR) is 93.4 cm³/mol. The molecule has 122 valence electrons. The molecule has 0 aliphatic carbocycles. The van der Waals surface area contributed by atoms with E-state index in [-0.39, 0.29) is 18.0 Å². The lowest BCUT2D eigenvalue weighted by Crippen LogP contribution is -2.31. The topological polar surface area (TPSA) is 87.5 Å². The molecule has 24 heavy (non-hydrogen) atoms. The first-order valence-electron chi connectivity index (χ1n) is 7.51. The first-order valence-corrected chi connectivity index (χ1v) is 7.51. The van der Waals surface area contributed by atoms with E-state index in [2.05, 4.69) is 9.98 Å². The molecule has 0 saturated carbocycles. The Kier molecular flexibility index (Phi) is 4.04. The van der Waals surface area contributed by atoms with Crippen LogP contribution < -0.4 is 11.2 Å². The Morgan fingerprint density at radius 2 is 1.92 bits per heavy atom. The van der Waals surface area contributed by atoms with Crippen molar-refractivity contribution in [2.24, 2.45) is 4.99 Å². The third kappa shape index (κ3) is 2.99. The first kappa shape index (κ1) is 15.7. The minimum Gasteiger partial charge on any atom is -0.494 e. The van der Waals surface area contributed by atoms with E-state index in [9.17, 15) is 14.7 Å². The highest BCUT2D eigenvalue weighted by Gasteiger charge is 2.15. The van der Waals surface area contributed by atoms with E-state index in [1.807, 2.05) is 50.3 Å². The lowest BCUT2D eigenvalue weighted by molar-refractivity contribution is 0.408. The number of aromatic nitrogens is 2. The summed E-state index contributed by atoms with van der Waals surface area (Å²) in [6, 6.07) is 9.24. The van der Waals surface area contributed by atoms with Gasteiger partial charge in [-0.3, -0.25) is 19.3 Å². The monoisotopic (exact) mass is 323 g/mol. The number of aromatic hydroxyl groups is 1. The number of aliphatic imine (C=N–C) groups is 1. The molecule has 0 amide bonds. The van der Waals surface area contributed by atoms with E-state index in [1.165, 1.54) is 0 Å². The van der Waals surface area contributed by atoms with Crippen molar-refractivity contribution in [1.29, 1.82) is 0 Å². The molecule has 1 aliphatic heterocycles. The number of hydrogen-bond donors (Lipinski definition) is 2. The van der Waals surface area contributed by atoms with Crippen molar-refractivity contribution in [2.45, 2.75) is 20.4 Å². The second-order valence-corrected chi connectivity index (χ2v) is 5.65. The van der Waals surface area contributed by atoms with Crippen LogP contribution in [0.1, 0.15) is 25.0 Å². The van der Waals surface area contributed by atoms with Gasteiger partial charge in [0, 0.05) is 11.4 Å². The summed E-state index contributed by atoms with van der Waals surface area (Å²) in [5.74, 6) is -0.356. The number of rotatable bonds is 3. The van der Waals surface area contributed by atoms with Crippen LogP contribution in [0.25, 0.3) is 6.08 Å². The Morgan fingerprint density at radius 3 is 2.54 bits per heavy atom. The number of nitrogens with zero attached hydrogens (tertiary/aromatic N) is 2. The van der Waals surface area contributed by atoms with Gasteiger partial charge in [0.1, 0.15) is 5.56 Å². The van der Waals surface area contributed by atoms with Crippen LogP contribution >= 0.6 is 0 Å². The van der Waals surface area contributed by atoms with Gasteiger partial charge in [0.25, 0.3) is 5.56 Å². The second kappa shape index (κ2) is 6.16. The maximum atomic E-state index is 12.1. The summed E-state index contributed by atoms with van der Waals surface area (Å²) >= 11 is 0. The third-order valence-electron chi connectivity index (χ3n) is 3.82. The van der Waals surface area contributed by atoms with E-state index in [0.29, 0.717) is 0 Å². The van der Waals surface area contributed by atoms with Crippen LogP contribution in [0.2, 0.25) is 0 Å². The first-order chi connectivity index (χ1) is 11.5. The molecule has 2 N–H and O–H groups in total. The number of H-pyrrole nitrogens is 1. The quantitative estimate of drug-likeness (QED) is 0.906. The van der Waals surface area contributed by atoms with Crippen LogP contribution in [0, 0.1) is 0 Å². The molecule has 6 heteroatoms. The summed E-state index contributed by atoms with van der Waals surface area (Å²) in [5, 5.41) is 10.5. The largest absolute Gasteiger partial charge is 0.494 e. The van der Waals surface area contributed by atoms with Crippen LogP contribution in [0.5, 0.6) is 5.88 Å². The maximum absolute atomic E-state index is 12.1. The predicted octanol–water partition coefficient (Wildman–Crippen LogP) is 2.05. The average molecular weight is 323 g/mol. The number of allylic oxidation sites excluding steroid dienone is 3. The normalized spacial score (nSPS) is 15.5. The molecule has 6 nitrogen and oxygen atoms in total. The summed E-state index contributed by atoms with van der Waals surface area (Å²) in [5.41, 5.74) is 1.93. The van der Waals surface area contributed by atoms with Crippen molar-refractivity contribution in [1.82, 2.24) is 9.55 Å². The number of aromatic amines is 1. The Morgan fingerprint density at radius 1 is 1.21 bits per heavy atom. The number of nitrogens with one attached hydrogen (secondary N) is 1. The summed E-state index contributed by atoms with van der Waals surface area (Å²) in [4.78, 5) is 30.7. The zero-order valence-corrected chi connectivity index (χ0v) is 13.4. The fourth-order valence-electron chi connectivity index (χ4n) is 2.61. The molecule has 2 heterocycles. The van der Waals surface area contributed by atoms with Crippen molar-refractivity contribution < 1.29 is 5.11 Å². The molecular weight excluding hydrogens is 306 g/mol. The van der Waals surface area contributed by atoms with E-state index in [1.54, 1.807) is 6.08 Å². The smallest absolute Gasteiger partial charge is 0.331 e. The van der Waals surface area contributed by atoms with Gasteiger partial charge in [-0.05, 0) is 37.1 Å². The highest BCUT2D eigenvalue weighted by atomic mass is 16.3. The van der Waals surface area contributed by atoms with Crippen molar-refractivity contribution >= 4 is 11.8 Å². The third-order valence-corrected chi connectivity index (χ3v) is 3.82. The molecule has 0 bridgehead atoms. The lowest BCUT2D eigenvalue weighted by atomic mass is 10.1. The van der Waals surface area contributed by atoms with Gasteiger partial charge >= 0.3 is 5.69 Å². The van der Waals surface area contributed by atoms with Gasteiger partial charge in [0.15, 0.2) is 0 Å². The van der Waals surface area contributed by atoms with Crippen LogP contribution in [0.3, 0.4) is 0 Å². The molecule has 2 aromatic rings. The van der Waals surface area contributed by atoms with Gasteiger partial charge in [0.2, 0.25) is 5.88 Å². The lowest BCUT2D eigenvalue weighted by Gasteiger charge is -2.10. The Balaban J connectivity index is 2.11. The zero-order chi connectivity index (χ0) is 17.3. The standard InChI is InChI=1S/C18H17N3O3/c1-11-8-14(12(2)19-11)9-15-16(22)20-18(24)21(17(15)23)10-13-6-4-3-5-7-13/h3-9,23H,10H2,1-2H3,(H,20,22,24). The van der Waals surface area contributed by atoms with Gasteiger partial charge in [-0.1, -0.05) is 30.3 Å². The van der Waals surface area contributed by atoms with Crippen LogP contribution in [0.15, 0.2) is 62.3 Å². The fraction of sp³-hybridized carbons (Fsp3) is 0.167. The molecule has 0 unspecified atom stereocenters. The molecule has 0 atom stereocenters. The zero-order valence-electron chi connectivity index (χ0n) is 13.4. The minimum absolute atomic E-state index is 0.0426. The van der Waals surface area contributed by atoms with Gasteiger partial charge in [-0.2, -0.15) is 0 Å². The van der Waals surface area contributed by atoms with Crippen LogP contribution in [0.4, 0.5) is 0 Å². The van der Waals surface area contributed by atoms with Gasteiger partial charge < -0.3 is 5.11 Å². The van der Waals surface area contributed by atoms with Gasteiger partial charge in [-0.25, -0.2) is 4.79 Å². The molecule has 0 fully saturated rings. The van der Waals surface area contributed by atoms with Crippen LogP contribution in [-0.2, 0) is 6.54 Å². The SMILES string of the molecule is CC1=CC(=Cc2c(O)n(Cc3ccccc3)c(=O)[nH]c2=O)C(C)=N1. The molecular formula is C18H17N3O3. The van der Waals surface area contributed by atoms with E-state index in [4.69, 9.17) is 0 Å². The van der Waals surface area contributed by atoms with Gasteiger partial charge in [0.05, 0.1) is 6.54 Å². The van der Waals surface area contributed by atoms with Crippen molar-refractivity contribution in [2.75, 3.05) is 0 Å². The van der Waals surface area contributed by atoms with Gasteiger partial charge in [-0.15, -0.1) is 0 Å². The van der Waals surface area contributed by atoms with Crippen molar-refractivity contribution in [3.8, 4) is 5.88 Å². The summed E-state index contributed by atoms with van der Waals surface area (Å²) < 4.78 is 1.14. The molecule has 1 aromatic heterocycles. The highest BCUT2D eigenvalue weighted by Crippen LogP contribution is 2.21. The van der Waals surface area contributed by atoms with E-state index < -0.39 is 11.2 Å². The average Bonchev–Trinajstić information content (AvgIpc) is 2.86. The van der Waals surface area contributed by atoms with E-state index >= 15 is 0 Å².